The predicted molar refractivity (Wildman–Crippen MR) is 79.0 cm³/mol. The summed E-state index contributed by atoms with van der Waals surface area (Å²) in [6, 6.07) is 4.44. The van der Waals surface area contributed by atoms with Crippen LogP contribution >= 0.6 is 0 Å². The van der Waals surface area contributed by atoms with Crippen molar-refractivity contribution in [3.63, 3.8) is 0 Å². The van der Waals surface area contributed by atoms with Crippen LogP contribution in [0.4, 0.5) is 10.1 Å². The number of carbonyl (C=O) groups excluding carboxylic acids is 1. The van der Waals surface area contributed by atoms with Gasteiger partial charge in [0, 0.05) is 12.2 Å². The first-order chi connectivity index (χ1) is 9.57. The van der Waals surface area contributed by atoms with E-state index in [-0.39, 0.29) is 11.7 Å². The fraction of sp³-hybridized carbons (Fsp3) is 0.562. The fourth-order valence-electron chi connectivity index (χ4n) is 2.91. The third-order valence-corrected chi connectivity index (χ3v) is 4.38. The summed E-state index contributed by atoms with van der Waals surface area (Å²) in [6.45, 7) is 2.21. The van der Waals surface area contributed by atoms with Crippen molar-refractivity contribution in [3.05, 3.63) is 29.6 Å². The Morgan fingerprint density at radius 1 is 1.30 bits per heavy atom. The Labute approximate surface area is 119 Å². The van der Waals surface area contributed by atoms with E-state index in [4.69, 9.17) is 5.73 Å². The van der Waals surface area contributed by atoms with Crippen LogP contribution in [0.2, 0.25) is 0 Å². The molecular formula is C16H23FN2O. The molecule has 3 nitrogen and oxygen atoms in total. The van der Waals surface area contributed by atoms with Crippen LogP contribution < -0.4 is 11.1 Å². The Bertz CT molecular complexity index is 479. The van der Waals surface area contributed by atoms with Crippen molar-refractivity contribution in [3.8, 4) is 0 Å². The topological polar surface area (TPSA) is 55.1 Å². The second kappa shape index (κ2) is 6.35. The molecule has 1 aromatic carbocycles. The van der Waals surface area contributed by atoms with E-state index in [1.165, 1.54) is 12.1 Å². The number of hydrogen-bond donors (Lipinski definition) is 2. The van der Waals surface area contributed by atoms with Crippen LogP contribution in [0.5, 0.6) is 0 Å². The van der Waals surface area contributed by atoms with Gasteiger partial charge in [0.15, 0.2) is 0 Å². The zero-order chi connectivity index (χ0) is 14.6. The molecule has 1 saturated carbocycles. The summed E-state index contributed by atoms with van der Waals surface area (Å²) in [5.74, 6) is -0.399. The van der Waals surface area contributed by atoms with E-state index < -0.39 is 5.41 Å². The van der Waals surface area contributed by atoms with E-state index in [0.29, 0.717) is 12.2 Å². The summed E-state index contributed by atoms with van der Waals surface area (Å²) in [6.07, 6.45) is 6.04. The van der Waals surface area contributed by atoms with Gasteiger partial charge in [0.05, 0.1) is 5.41 Å². The standard InChI is InChI=1S/C16H23FN2O/c1-12-6-7-13(17)10-14(12)19-15(20)16(11-18)8-4-2-3-5-9-16/h6-7,10H,2-5,8-9,11,18H2,1H3,(H,19,20). The van der Waals surface area contributed by atoms with Crippen LogP contribution in [-0.2, 0) is 4.79 Å². The lowest BCUT2D eigenvalue weighted by atomic mass is 9.79. The van der Waals surface area contributed by atoms with Gasteiger partial charge in [0.1, 0.15) is 5.82 Å². The van der Waals surface area contributed by atoms with Crippen LogP contribution in [-0.4, -0.2) is 12.5 Å². The van der Waals surface area contributed by atoms with Gasteiger partial charge in [-0.15, -0.1) is 0 Å². The lowest BCUT2D eigenvalue weighted by Crippen LogP contribution is -2.42. The molecule has 3 N–H and O–H groups in total. The summed E-state index contributed by atoms with van der Waals surface area (Å²) < 4.78 is 13.3. The third-order valence-electron chi connectivity index (χ3n) is 4.38. The summed E-state index contributed by atoms with van der Waals surface area (Å²) in [5.41, 5.74) is 6.81. The fourth-order valence-corrected chi connectivity index (χ4v) is 2.91. The molecule has 0 bridgehead atoms. The molecule has 0 unspecified atom stereocenters. The molecule has 0 aliphatic heterocycles. The number of rotatable bonds is 3. The van der Waals surface area contributed by atoms with E-state index >= 15 is 0 Å². The maximum Gasteiger partial charge on any atom is 0.231 e. The number of aryl methyl sites for hydroxylation is 1. The molecular weight excluding hydrogens is 255 g/mol. The van der Waals surface area contributed by atoms with Crippen LogP contribution in [0.1, 0.15) is 44.1 Å². The zero-order valence-electron chi connectivity index (χ0n) is 12.0. The van der Waals surface area contributed by atoms with E-state index in [0.717, 1.165) is 44.1 Å². The molecule has 20 heavy (non-hydrogen) atoms. The van der Waals surface area contributed by atoms with Crippen molar-refractivity contribution in [1.82, 2.24) is 0 Å². The van der Waals surface area contributed by atoms with Gasteiger partial charge in [-0.25, -0.2) is 4.39 Å². The lowest BCUT2D eigenvalue weighted by Gasteiger charge is -2.30. The smallest absolute Gasteiger partial charge is 0.231 e. The molecule has 0 saturated heterocycles. The van der Waals surface area contributed by atoms with Crippen molar-refractivity contribution in [2.24, 2.45) is 11.1 Å². The van der Waals surface area contributed by atoms with E-state index in [2.05, 4.69) is 5.32 Å². The first kappa shape index (κ1) is 15.0. The van der Waals surface area contributed by atoms with Gasteiger partial charge < -0.3 is 11.1 Å². The van der Waals surface area contributed by atoms with Crippen LogP contribution in [0.15, 0.2) is 18.2 Å². The van der Waals surface area contributed by atoms with Gasteiger partial charge in [-0.3, -0.25) is 4.79 Å². The minimum atomic E-state index is -0.491. The minimum absolute atomic E-state index is 0.0596. The zero-order valence-corrected chi connectivity index (χ0v) is 12.0. The number of hydrogen-bond acceptors (Lipinski definition) is 2. The largest absolute Gasteiger partial charge is 0.329 e. The minimum Gasteiger partial charge on any atom is -0.329 e. The number of amides is 1. The number of nitrogens with two attached hydrogens (primary N) is 1. The van der Waals surface area contributed by atoms with Crippen LogP contribution in [0.25, 0.3) is 0 Å². The Morgan fingerprint density at radius 3 is 2.55 bits per heavy atom. The van der Waals surface area contributed by atoms with Gasteiger partial charge in [-0.05, 0) is 37.5 Å². The van der Waals surface area contributed by atoms with Gasteiger partial charge in [0.25, 0.3) is 0 Å². The van der Waals surface area contributed by atoms with Crippen molar-refractivity contribution in [2.45, 2.75) is 45.4 Å². The van der Waals surface area contributed by atoms with Gasteiger partial charge >= 0.3 is 0 Å². The molecule has 1 aliphatic rings. The van der Waals surface area contributed by atoms with Gasteiger partial charge in [-0.2, -0.15) is 0 Å². The highest BCUT2D eigenvalue weighted by atomic mass is 19.1. The lowest BCUT2D eigenvalue weighted by molar-refractivity contribution is -0.125. The maximum atomic E-state index is 13.3. The summed E-state index contributed by atoms with van der Waals surface area (Å²) in [5, 5.41) is 2.88. The average molecular weight is 278 g/mol. The Morgan fingerprint density at radius 2 is 1.95 bits per heavy atom. The first-order valence-corrected chi connectivity index (χ1v) is 7.35. The third kappa shape index (κ3) is 3.18. The van der Waals surface area contributed by atoms with Crippen molar-refractivity contribution >= 4 is 11.6 Å². The highest BCUT2D eigenvalue weighted by Crippen LogP contribution is 2.35. The monoisotopic (exact) mass is 278 g/mol. The molecule has 110 valence electrons. The number of halogens is 1. The van der Waals surface area contributed by atoms with E-state index in [1.54, 1.807) is 6.07 Å². The van der Waals surface area contributed by atoms with E-state index in [9.17, 15) is 9.18 Å². The molecule has 1 aliphatic carbocycles. The van der Waals surface area contributed by atoms with E-state index in [1.807, 2.05) is 6.92 Å². The Kier molecular flexibility index (Phi) is 4.76. The van der Waals surface area contributed by atoms with Crippen molar-refractivity contribution in [1.29, 1.82) is 0 Å². The molecule has 0 atom stereocenters. The first-order valence-electron chi connectivity index (χ1n) is 7.35. The number of anilines is 1. The maximum absolute atomic E-state index is 13.3. The van der Waals surface area contributed by atoms with Crippen LogP contribution in [0, 0.1) is 18.2 Å². The van der Waals surface area contributed by atoms with Gasteiger partial charge in [-0.1, -0.05) is 31.7 Å². The molecule has 1 fully saturated rings. The van der Waals surface area contributed by atoms with Gasteiger partial charge in [0.2, 0.25) is 5.91 Å². The number of carbonyl (C=O) groups is 1. The molecule has 2 rings (SSSR count). The molecule has 0 radical (unpaired) electrons. The quantitative estimate of drug-likeness (QED) is 0.833. The van der Waals surface area contributed by atoms with Crippen molar-refractivity contribution in [2.75, 3.05) is 11.9 Å². The Hall–Kier alpha value is -1.42. The highest BCUT2D eigenvalue weighted by Gasteiger charge is 2.37. The highest BCUT2D eigenvalue weighted by molar-refractivity contribution is 5.96. The average Bonchev–Trinajstić information content (AvgIpc) is 2.69. The summed E-state index contributed by atoms with van der Waals surface area (Å²) in [4.78, 5) is 12.6. The second-order valence-corrected chi connectivity index (χ2v) is 5.81. The van der Waals surface area contributed by atoms with Crippen molar-refractivity contribution < 1.29 is 9.18 Å². The Balaban J connectivity index is 2.18. The normalized spacial score (nSPS) is 18.4. The predicted octanol–water partition coefficient (Wildman–Crippen LogP) is 3.37. The number of benzene rings is 1. The summed E-state index contributed by atoms with van der Waals surface area (Å²) in [7, 11) is 0. The van der Waals surface area contributed by atoms with Crippen LogP contribution in [0.3, 0.4) is 0 Å². The molecule has 4 heteroatoms. The SMILES string of the molecule is Cc1ccc(F)cc1NC(=O)C1(CN)CCCCCC1. The number of nitrogens with one attached hydrogen (secondary N) is 1. The molecule has 1 aromatic rings. The molecule has 0 spiro atoms. The molecule has 1 amide bonds. The molecule has 0 aromatic heterocycles. The second-order valence-electron chi connectivity index (χ2n) is 5.81. The molecule has 0 heterocycles. The summed E-state index contributed by atoms with van der Waals surface area (Å²) >= 11 is 0.